The Hall–Kier alpha value is -1.55. The topological polar surface area (TPSA) is 76.6 Å². The van der Waals surface area contributed by atoms with Gasteiger partial charge < -0.3 is 19.8 Å². The number of nitrogens with zero attached hydrogens (tertiary/aromatic N) is 3. The van der Waals surface area contributed by atoms with Crippen molar-refractivity contribution in [2.45, 2.75) is 52.1 Å². The van der Waals surface area contributed by atoms with Gasteiger partial charge in [-0.05, 0) is 57.2 Å². The first kappa shape index (κ1) is 23.7. The minimum Gasteiger partial charge on any atom is -0.469 e. The minimum absolute atomic E-state index is 0. The van der Waals surface area contributed by atoms with Crippen molar-refractivity contribution < 1.29 is 9.15 Å². The summed E-state index contributed by atoms with van der Waals surface area (Å²) < 4.78 is 13.1. The van der Waals surface area contributed by atoms with Crippen LogP contribution in [0.25, 0.3) is 0 Å². The van der Waals surface area contributed by atoms with Gasteiger partial charge in [0.2, 0.25) is 0 Å². The van der Waals surface area contributed by atoms with Gasteiger partial charge in [-0.25, -0.2) is 0 Å². The molecule has 2 N–H and O–H groups in total. The summed E-state index contributed by atoms with van der Waals surface area (Å²) in [6.07, 6.45) is 7.09. The van der Waals surface area contributed by atoms with E-state index < -0.39 is 0 Å². The fourth-order valence-electron chi connectivity index (χ4n) is 3.57. The molecule has 1 aliphatic rings. The molecule has 7 nitrogen and oxygen atoms in total. The molecule has 0 aliphatic carbocycles. The molecule has 2 aromatic heterocycles. The summed E-state index contributed by atoms with van der Waals surface area (Å²) in [6, 6.07) is 3.92. The summed E-state index contributed by atoms with van der Waals surface area (Å²) in [4.78, 5) is 4.73. The Kier molecular flexibility index (Phi) is 9.99. The van der Waals surface area contributed by atoms with Crippen LogP contribution in [0.2, 0.25) is 0 Å². The average Bonchev–Trinajstić information content (AvgIpc) is 3.42. The van der Waals surface area contributed by atoms with Crippen molar-refractivity contribution >= 4 is 29.9 Å². The van der Waals surface area contributed by atoms with Crippen LogP contribution < -0.4 is 10.6 Å². The van der Waals surface area contributed by atoms with Gasteiger partial charge in [-0.15, -0.1) is 24.0 Å². The number of ether oxygens (including phenoxy) is 1. The highest BCUT2D eigenvalue weighted by molar-refractivity contribution is 14.0. The van der Waals surface area contributed by atoms with E-state index in [4.69, 9.17) is 14.1 Å². The molecule has 162 valence electrons. The number of halogens is 1. The average molecular weight is 515 g/mol. The Labute approximate surface area is 190 Å². The van der Waals surface area contributed by atoms with Gasteiger partial charge in [0.25, 0.3) is 0 Å². The third-order valence-corrected chi connectivity index (χ3v) is 5.28. The van der Waals surface area contributed by atoms with Crippen LogP contribution in [0.15, 0.2) is 27.8 Å². The normalized spacial score (nSPS) is 16.7. The predicted octanol–water partition coefficient (Wildman–Crippen LogP) is 3.14. The summed E-state index contributed by atoms with van der Waals surface area (Å²) >= 11 is 0. The molecule has 0 aromatic carbocycles. The number of hydrogen-bond acceptors (Lipinski definition) is 4. The highest BCUT2D eigenvalue weighted by Crippen LogP contribution is 2.14. The molecular formula is C21H34IN5O2. The molecule has 2 aromatic rings. The van der Waals surface area contributed by atoms with E-state index in [1.54, 1.807) is 6.26 Å². The maximum absolute atomic E-state index is 5.69. The number of aromatic nitrogens is 2. The molecule has 0 saturated carbocycles. The minimum atomic E-state index is 0. The molecule has 3 heterocycles. The van der Waals surface area contributed by atoms with E-state index in [1.165, 1.54) is 11.3 Å². The predicted molar refractivity (Wildman–Crippen MR) is 126 cm³/mol. The van der Waals surface area contributed by atoms with Crippen LogP contribution in [0, 0.1) is 13.8 Å². The molecule has 1 unspecified atom stereocenters. The number of rotatable bonds is 9. The Morgan fingerprint density at radius 3 is 2.76 bits per heavy atom. The zero-order chi connectivity index (χ0) is 19.8. The van der Waals surface area contributed by atoms with Crippen LogP contribution in [0.1, 0.15) is 42.0 Å². The number of guanidine groups is 1. The first-order valence-corrected chi connectivity index (χ1v) is 10.3. The van der Waals surface area contributed by atoms with Crippen molar-refractivity contribution in [1.82, 2.24) is 20.4 Å². The molecule has 1 fully saturated rings. The lowest BCUT2D eigenvalue weighted by Crippen LogP contribution is -2.39. The van der Waals surface area contributed by atoms with Crippen molar-refractivity contribution in [1.29, 1.82) is 0 Å². The number of furan rings is 1. The van der Waals surface area contributed by atoms with Crippen LogP contribution in [-0.2, 0) is 24.6 Å². The fraction of sp³-hybridized carbons (Fsp3) is 0.619. The third-order valence-electron chi connectivity index (χ3n) is 5.28. The van der Waals surface area contributed by atoms with Gasteiger partial charge >= 0.3 is 0 Å². The summed E-state index contributed by atoms with van der Waals surface area (Å²) in [7, 11) is 2.00. The summed E-state index contributed by atoms with van der Waals surface area (Å²) in [5.41, 5.74) is 3.73. The Morgan fingerprint density at radius 2 is 2.10 bits per heavy atom. The van der Waals surface area contributed by atoms with Crippen molar-refractivity contribution in [3.8, 4) is 0 Å². The van der Waals surface area contributed by atoms with Crippen molar-refractivity contribution in [3.05, 3.63) is 41.1 Å². The standard InChI is InChI=1S/C21H33N5O2.HI/c1-16-20(17(2)26(3)25-16)9-4-11-22-21(24-15-19-8-6-14-28-19)23-12-10-18-7-5-13-27-18;/h5,7,13,19H,4,6,8-12,14-15H2,1-3H3,(H2,22,23,24);1H. The van der Waals surface area contributed by atoms with Gasteiger partial charge in [0.15, 0.2) is 5.96 Å². The van der Waals surface area contributed by atoms with E-state index in [2.05, 4.69) is 29.6 Å². The zero-order valence-corrected chi connectivity index (χ0v) is 20.1. The first-order valence-electron chi connectivity index (χ1n) is 10.3. The lowest BCUT2D eigenvalue weighted by atomic mass is 10.1. The van der Waals surface area contributed by atoms with Gasteiger partial charge in [0.05, 0.1) is 24.6 Å². The second kappa shape index (κ2) is 12.2. The van der Waals surface area contributed by atoms with E-state index in [0.29, 0.717) is 6.54 Å². The zero-order valence-electron chi connectivity index (χ0n) is 17.7. The molecule has 1 aliphatic heterocycles. The lowest BCUT2D eigenvalue weighted by Gasteiger charge is -2.14. The summed E-state index contributed by atoms with van der Waals surface area (Å²) in [5, 5.41) is 11.4. The van der Waals surface area contributed by atoms with Gasteiger partial charge in [0.1, 0.15) is 5.76 Å². The summed E-state index contributed by atoms with van der Waals surface area (Å²) in [5.74, 6) is 1.83. The van der Waals surface area contributed by atoms with Crippen LogP contribution in [-0.4, -0.2) is 48.1 Å². The Bertz CT molecular complexity index is 751. The molecule has 0 amide bonds. The smallest absolute Gasteiger partial charge is 0.191 e. The largest absolute Gasteiger partial charge is 0.469 e. The first-order chi connectivity index (χ1) is 13.6. The molecule has 29 heavy (non-hydrogen) atoms. The number of aryl methyl sites for hydroxylation is 2. The highest BCUT2D eigenvalue weighted by Gasteiger charge is 2.15. The third kappa shape index (κ3) is 7.33. The summed E-state index contributed by atoms with van der Waals surface area (Å²) in [6.45, 7) is 7.43. The van der Waals surface area contributed by atoms with Crippen LogP contribution in [0.5, 0.6) is 0 Å². The second-order valence-electron chi connectivity index (χ2n) is 7.38. The van der Waals surface area contributed by atoms with E-state index in [9.17, 15) is 0 Å². The molecule has 3 rings (SSSR count). The van der Waals surface area contributed by atoms with E-state index in [-0.39, 0.29) is 30.1 Å². The Morgan fingerprint density at radius 1 is 1.28 bits per heavy atom. The molecule has 1 atom stereocenters. The Balaban J connectivity index is 0.00000300. The molecule has 1 saturated heterocycles. The molecule has 0 spiro atoms. The van der Waals surface area contributed by atoms with Crippen LogP contribution in [0.3, 0.4) is 0 Å². The van der Waals surface area contributed by atoms with Crippen LogP contribution in [0.4, 0.5) is 0 Å². The molecular weight excluding hydrogens is 481 g/mol. The second-order valence-corrected chi connectivity index (χ2v) is 7.38. The monoisotopic (exact) mass is 515 g/mol. The lowest BCUT2D eigenvalue weighted by molar-refractivity contribution is 0.117. The number of hydrogen-bond donors (Lipinski definition) is 2. The van der Waals surface area contributed by atoms with Crippen molar-refractivity contribution in [2.24, 2.45) is 12.0 Å². The maximum Gasteiger partial charge on any atom is 0.191 e. The highest BCUT2D eigenvalue weighted by atomic mass is 127. The molecule has 8 heteroatoms. The fourth-order valence-corrected chi connectivity index (χ4v) is 3.57. The van der Waals surface area contributed by atoms with Gasteiger partial charge in [-0.3, -0.25) is 9.67 Å². The van der Waals surface area contributed by atoms with E-state index in [0.717, 1.165) is 69.2 Å². The molecule has 0 bridgehead atoms. The van der Waals surface area contributed by atoms with Gasteiger partial charge in [-0.1, -0.05) is 0 Å². The van der Waals surface area contributed by atoms with E-state index >= 15 is 0 Å². The van der Waals surface area contributed by atoms with Gasteiger partial charge in [-0.2, -0.15) is 5.10 Å². The number of aliphatic imine (C=N–C) groups is 1. The van der Waals surface area contributed by atoms with E-state index in [1.807, 2.05) is 23.9 Å². The number of nitrogens with one attached hydrogen (secondary N) is 2. The molecule has 0 radical (unpaired) electrons. The van der Waals surface area contributed by atoms with Crippen LogP contribution >= 0.6 is 24.0 Å². The van der Waals surface area contributed by atoms with Gasteiger partial charge in [0, 0.05) is 38.9 Å². The SMILES string of the molecule is Cc1nn(C)c(C)c1CCCNC(=NCC1CCCO1)NCCc1ccco1.I. The quantitative estimate of drug-likeness (QED) is 0.232. The van der Waals surface area contributed by atoms with Crippen molar-refractivity contribution in [3.63, 3.8) is 0 Å². The maximum atomic E-state index is 5.69. The van der Waals surface area contributed by atoms with Crippen molar-refractivity contribution in [2.75, 3.05) is 26.2 Å².